The number of aliphatic hydroxyl groups excluding tert-OH is 1. The van der Waals surface area contributed by atoms with Crippen molar-refractivity contribution in [1.29, 1.82) is 0 Å². The lowest BCUT2D eigenvalue weighted by Gasteiger charge is -2.15. The molecule has 0 fully saturated rings. The van der Waals surface area contributed by atoms with Gasteiger partial charge in [-0.15, -0.1) is 0 Å². The van der Waals surface area contributed by atoms with Gasteiger partial charge in [0.15, 0.2) is 0 Å². The summed E-state index contributed by atoms with van der Waals surface area (Å²) in [5.41, 5.74) is 5.44. The Hall–Kier alpha value is -1.14. The Balaban J connectivity index is 4.08. The van der Waals surface area contributed by atoms with Crippen LogP contribution in [-0.2, 0) is 9.59 Å². The van der Waals surface area contributed by atoms with Gasteiger partial charge in [-0.2, -0.15) is 0 Å². The van der Waals surface area contributed by atoms with Crippen molar-refractivity contribution >= 4 is 11.9 Å². The first-order valence-electron chi connectivity index (χ1n) is 4.42. The fraction of sp³-hybridized carbons (Fsp3) is 0.750. The number of aliphatic hydroxyl groups is 1. The van der Waals surface area contributed by atoms with Gasteiger partial charge in [0.2, 0.25) is 5.91 Å². The molecule has 82 valence electrons. The molecule has 0 aliphatic rings. The summed E-state index contributed by atoms with van der Waals surface area (Å²) in [4.78, 5) is 21.6. The summed E-state index contributed by atoms with van der Waals surface area (Å²) in [6.07, 6.45) is 1.23. The monoisotopic (exact) mass is 204 g/mol. The van der Waals surface area contributed by atoms with Crippen molar-refractivity contribution in [3.05, 3.63) is 0 Å². The van der Waals surface area contributed by atoms with Crippen LogP contribution in [0.5, 0.6) is 0 Å². The molecule has 0 heterocycles. The third kappa shape index (κ3) is 4.20. The molecule has 6 nitrogen and oxygen atoms in total. The molecule has 0 bridgehead atoms. The van der Waals surface area contributed by atoms with Gasteiger partial charge in [-0.1, -0.05) is 13.3 Å². The van der Waals surface area contributed by atoms with Gasteiger partial charge in [0.05, 0.1) is 12.6 Å². The van der Waals surface area contributed by atoms with E-state index in [1.165, 1.54) is 0 Å². The van der Waals surface area contributed by atoms with Crippen molar-refractivity contribution in [3.63, 3.8) is 0 Å². The Morgan fingerprint density at radius 1 is 1.50 bits per heavy atom. The third-order valence-corrected chi connectivity index (χ3v) is 1.73. The summed E-state index contributed by atoms with van der Waals surface area (Å²) < 4.78 is 0. The number of rotatable bonds is 6. The minimum Gasteiger partial charge on any atom is -0.480 e. The zero-order valence-electron chi connectivity index (χ0n) is 8.06. The fourth-order valence-electron chi connectivity index (χ4n) is 0.906. The second-order valence-corrected chi connectivity index (χ2v) is 2.98. The number of amides is 1. The summed E-state index contributed by atoms with van der Waals surface area (Å²) in [7, 11) is 0. The van der Waals surface area contributed by atoms with Crippen LogP contribution in [0.1, 0.15) is 19.8 Å². The van der Waals surface area contributed by atoms with Gasteiger partial charge in [-0.05, 0) is 6.42 Å². The molecule has 2 atom stereocenters. The summed E-state index contributed by atoms with van der Waals surface area (Å²) in [5, 5.41) is 19.3. The van der Waals surface area contributed by atoms with Gasteiger partial charge in [0.25, 0.3) is 0 Å². The zero-order valence-corrected chi connectivity index (χ0v) is 8.06. The van der Waals surface area contributed by atoms with Crippen molar-refractivity contribution in [2.45, 2.75) is 31.8 Å². The maximum Gasteiger partial charge on any atom is 0.328 e. The standard InChI is InChI=1S/C8H16N2O4/c1-2-3-5(9)7(12)10-6(4-11)8(13)14/h5-6,11H,2-4,9H2,1H3,(H,10,12)(H,13,14)/t5-,6-/m0/s1. The third-order valence-electron chi connectivity index (χ3n) is 1.73. The van der Waals surface area contributed by atoms with Crippen LogP contribution in [0.3, 0.4) is 0 Å². The van der Waals surface area contributed by atoms with E-state index >= 15 is 0 Å². The smallest absolute Gasteiger partial charge is 0.328 e. The van der Waals surface area contributed by atoms with Crippen LogP contribution in [0.4, 0.5) is 0 Å². The Kier molecular flexibility index (Phi) is 5.82. The van der Waals surface area contributed by atoms with E-state index in [1.807, 2.05) is 6.92 Å². The molecule has 5 N–H and O–H groups in total. The summed E-state index contributed by atoms with van der Waals surface area (Å²) in [6, 6.07) is -1.99. The highest BCUT2D eigenvalue weighted by atomic mass is 16.4. The largest absolute Gasteiger partial charge is 0.480 e. The minimum absolute atomic E-state index is 0.490. The van der Waals surface area contributed by atoms with E-state index < -0.39 is 30.6 Å². The first kappa shape index (κ1) is 12.9. The Morgan fingerprint density at radius 3 is 2.43 bits per heavy atom. The SMILES string of the molecule is CCC[C@H](N)C(=O)N[C@@H](CO)C(=O)O. The number of hydrogen-bond donors (Lipinski definition) is 4. The Morgan fingerprint density at radius 2 is 2.07 bits per heavy atom. The second kappa shape index (κ2) is 6.33. The molecule has 0 unspecified atom stereocenters. The van der Waals surface area contributed by atoms with E-state index in [2.05, 4.69) is 5.32 Å². The van der Waals surface area contributed by atoms with Crippen LogP contribution in [-0.4, -0.2) is 40.8 Å². The lowest BCUT2D eigenvalue weighted by atomic mass is 10.1. The first-order chi connectivity index (χ1) is 6.52. The molecule has 0 saturated carbocycles. The van der Waals surface area contributed by atoms with Crippen molar-refractivity contribution in [3.8, 4) is 0 Å². The molecule has 0 saturated heterocycles. The van der Waals surface area contributed by atoms with Gasteiger partial charge in [0.1, 0.15) is 6.04 Å². The van der Waals surface area contributed by atoms with Crippen LogP contribution in [0, 0.1) is 0 Å². The van der Waals surface area contributed by atoms with Crippen LogP contribution in [0.25, 0.3) is 0 Å². The molecule has 0 spiro atoms. The maximum absolute atomic E-state index is 11.2. The van der Waals surface area contributed by atoms with E-state index in [9.17, 15) is 9.59 Å². The molecule has 0 aromatic rings. The zero-order chi connectivity index (χ0) is 11.1. The van der Waals surface area contributed by atoms with Crippen molar-refractivity contribution in [2.24, 2.45) is 5.73 Å². The topological polar surface area (TPSA) is 113 Å². The van der Waals surface area contributed by atoms with Gasteiger partial charge in [-0.25, -0.2) is 4.79 Å². The number of carboxylic acids is 1. The van der Waals surface area contributed by atoms with Crippen molar-refractivity contribution in [2.75, 3.05) is 6.61 Å². The van der Waals surface area contributed by atoms with E-state index in [0.717, 1.165) is 6.42 Å². The average Bonchev–Trinajstić information content (AvgIpc) is 2.13. The lowest BCUT2D eigenvalue weighted by molar-refractivity contribution is -0.143. The van der Waals surface area contributed by atoms with Crippen LogP contribution in [0.15, 0.2) is 0 Å². The number of hydrogen-bond acceptors (Lipinski definition) is 4. The highest BCUT2D eigenvalue weighted by Gasteiger charge is 2.21. The Labute approximate surface area is 82.1 Å². The van der Waals surface area contributed by atoms with Crippen LogP contribution in [0.2, 0.25) is 0 Å². The van der Waals surface area contributed by atoms with Gasteiger partial charge >= 0.3 is 5.97 Å². The number of carbonyl (C=O) groups excluding carboxylic acids is 1. The molecule has 1 amide bonds. The molecule has 0 aliphatic heterocycles. The van der Waals surface area contributed by atoms with Crippen LogP contribution >= 0.6 is 0 Å². The molecule has 0 aromatic heterocycles. The highest BCUT2D eigenvalue weighted by Crippen LogP contribution is 1.94. The Bertz CT molecular complexity index is 208. The number of nitrogens with two attached hydrogens (primary N) is 1. The molecular weight excluding hydrogens is 188 g/mol. The summed E-state index contributed by atoms with van der Waals surface area (Å²) in [6.45, 7) is 1.23. The second-order valence-electron chi connectivity index (χ2n) is 2.98. The number of carboxylic acid groups (broad SMARTS) is 1. The average molecular weight is 204 g/mol. The quantitative estimate of drug-likeness (QED) is 0.428. The van der Waals surface area contributed by atoms with Crippen molar-refractivity contribution < 1.29 is 19.8 Å². The fourth-order valence-corrected chi connectivity index (χ4v) is 0.906. The summed E-state index contributed by atoms with van der Waals surface area (Å²) >= 11 is 0. The van der Waals surface area contributed by atoms with Crippen molar-refractivity contribution in [1.82, 2.24) is 5.32 Å². The molecule has 0 aliphatic carbocycles. The molecule has 6 heteroatoms. The van der Waals surface area contributed by atoms with E-state index in [4.69, 9.17) is 15.9 Å². The minimum atomic E-state index is -1.27. The summed E-state index contributed by atoms with van der Waals surface area (Å²) in [5.74, 6) is -1.82. The van der Waals surface area contributed by atoms with E-state index in [-0.39, 0.29) is 0 Å². The normalized spacial score (nSPS) is 14.5. The maximum atomic E-state index is 11.2. The van der Waals surface area contributed by atoms with Gasteiger partial charge in [-0.3, -0.25) is 4.79 Å². The lowest BCUT2D eigenvalue weighted by Crippen LogP contribution is -2.49. The number of carbonyl (C=O) groups is 2. The molecule has 14 heavy (non-hydrogen) atoms. The van der Waals surface area contributed by atoms with E-state index in [0.29, 0.717) is 6.42 Å². The molecular formula is C8H16N2O4. The number of aliphatic carboxylic acids is 1. The predicted octanol–water partition coefficient (Wildman–Crippen LogP) is -1.32. The molecule has 0 radical (unpaired) electrons. The van der Waals surface area contributed by atoms with E-state index in [1.54, 1.807) is 0 Å². The first-order valence-corrected chi connectivity index (χ1v) is 4.42. The van der Waals surface area contributed by atoms with Gasteiger partial charge in [0, 0.05) is 0 Å². The molecule has 0 aromatic carbocycles. The predicted molar refractivity (Wildman–Crippen MR) is 49.5 cm³/mol. The number of nitrogens with one attached hydrogen (secondary N) is 1. The van der Waals surface area contributed by atoms with Crippen LogP contribution < -0.4 is 11.1 Å². The highest BCUT2D eigenvalue weighted by molar-refractivity contribution is 5.86. The molecule has 0 rings (SSSR count). The van der Waals surface area contributed by atoms with Gasteiger partial charge < -0.3 is 21.3 Å².